The van der Waals surface area contributed by atoms with E-state index in [9.17, 15) is 4.79 Å². The quantitative estimate of drug-likeness (QED) is 0.617. The summed E-state index contributed by atoms with van der Waals surface area (Å²) in [6.07, 6.45) is 3.34. The lowest BCUT2D eigenvalue weighted by Gasteiger charge is -2.02. The number of rotatable bonds is 4. The average Bonchev–Trinajstić information content (AvgIpc) is 3.09. The van der Waals surface area contributed by atoms with E-state index in [1.807, 2.05) is 24.3 Å². The minimum absolute atomic E-state index is 0.266. The molecule has 2 aromatic heterocycles. The molecule has 0 aliphatic rings. The van der Waals surface area contributed by atoms with Crippen molar-refractivity contribution in [3.05, 3.63) is 62.0 Å². The number of halogens is 3. The Balaban J connectivity index is 1.68. The van der Waals surface area contributed by atoms with Gasteiger partial charge in [-0.2, -0.15) is 10.2 Å². The van der Waals surface area contributed by atoms with Gasteiger partial charge in [0.05, 0.1) is 22.9 Å². The van der Waals surface area contributed by atoms with Crippen LogP contribution in [0.4, 0.5) is 5.69 Å². The molecule has 0 spiro atoms. The maximum Gasteiger partial charge on any atom is 0.277 e. The Morgan fingerprint density at radius 1 is 1.30 bits per heavy atom. The molecule has 23 heavy (non-hydrogen) atoms. The zero-order chi connectivity index (χ0) is 16.4. The Kier molecular flexibility index (Phi) is 4.84. The molecule has 0 unspecified atom stereocenters. The summed E-state index contributed by atoms with van der Waals surface area (Å²) in [5.41, 5.74) is 1.92. The van der Waals surface area contributed by atoms with Gasteiger partial charge in [-0.1, -0.05) is 23.7 Å². The molecule has 1 amide bonds. The van der Waals surface area contributed by atoms with E-state index in [1.54, 1.807) is 17.1 Å². The van der Waals surface area contributed by atoms with Crippen molar-refractivity contribution in [1.29, 1.82) is 0 Å². The fraction of sp³-hybridized carbons (Fsp3) is 0.0714. The van der Waals surface area contributed by atoms with Gasteiger partial charge in [0.1, 0.15) is 4.60 Å². The van der Waals surface area contributed by atoms with Crippen LogP contribution in [0.15, 0.2) is 45.7 Å². The molecule has 3 aromatic rings. The molecule has 0 fully saturated rings. The minimum atomic E-state index is -0.329. The van der Waals surface area contributed by atoms with Crippen LogP contribution in [0, 0.1) is 0 Å². The van der Waals surface area contributed by atoms with Crippen molar-refractivity contribution in [3.63, 3.8) is 0 Å². The molecule has 0 bridgehead atoms. The Morgan fingerprint density at radius 3 is 2.70 bits per heavy atom. The fourth-order valence-electron chi connectivity index (χ4n) is 1.94. The van der Waals surface area contributed by atoms with Crippen molar-refractivity contribution in [2.75, 3.05) is 5.32 Å². The number of nitrogens with one attached hydrogen (secondary N) is 2. The summed E-state index contributed by atoms with van der Waals surface area (Å²) in [5, 5.41) is 14.3. The Labute approximate surface area is 153 Å². The number of anilines is 1. The first-order chi connectivity index (χ1) is 11.0. The molecule has 1 aromatic carbocycles. The molecular formula is C14H10Br2ClN5O. The predicted molar refractivity (Wildman–Crippen MR) is 94.7 cm³/mol. The third-order valence-corrected chi connectivity index (χ3v) is 5.16. The van der Waals surface area contributed by atoms with Crippen molar-refractivity contribution in [2.24, 2.45) is 0 Å². The molecule has 0 atom stereocenters. The van der Waals surface area contributed by atoms with Gasteiger partial charge in [0, 0.05) is 11.2 Å². The number of carbonyl (C=O) groups is 1. The zero-order valence-corrected chi connectivity index (χ0v) is 15.5. The summed E-state index contributed by atoms with van der Waals surface area (Å²) in [4.78, 5) is 12.2. The van der Waals surface area contributed by atoms with E-state index in [4.69, 9.17) is 11.6 Å². The monoisotopic (exact) mass is 457 g/mol. The van der Waals surface area contributed by atoms with Crippen LogP contribution in [0.2, 0.25) is 5.02 Å². The summed E-state index contributed by atoms with van der Waals surface area (Å²) in [5.74, 6) is -0.329. The molecule has 3 rings (SSSR count). The number of hydrogen-bond acceptors (Lipinski definition) is 3. The van der Waals surface area contributed by atoms with Gasteiger partial charge in [0.2, 0.25) is 0 Å². The van der Waals surface area contributed by atoms with E-state index in [1.165, 1.54) is 0 Å². The smallest absolute Gasteiger partial charge is 0.277 e. The highest BCUT2D eigenvalue weighted by atomic mass is 79.9. The van der Waals surface area contributed by atoms with Gasteiger partial charge in [0.25, 0.3) is 5.91 Å². The van der Waals surface area contributed by atoms with Crippen LogP contribution < -0.4 is 5.32 Å². The van der Waals surface area contributed by atoms with Crippen molar-refractivity contribution in [3.8, 4) is 0 Å². The average molecular weight is 460 g/mol. The second-order valence-electron chi connectivity index (χ2n) is 4.71. The number of aromatic amines is 1. The Morgan fingerprint density at radius 2 is 2.04 bits per heavy atom. The number of aromatic nitrogens is 4. The first-order valence-corrected chi connectivity index (χ1v) is 8.47. The van der Waals surface area contributed by atoms with Gasteiger partial charge in [-0.15, -0.1) is 0 Å². The maximum atomic E-state index is 12.2. The highest BCUT2D eigenvalue weighted by Gasteiger charge is 2.17. The first-order valence-electron chi connectivity index (χ1n) is 6.50. The van der Waals surface area contributed by atoms with Crippen molar-refractivity contribution < 1.29 is 4.79 Å². The Bertz CT molecular complexity index is 843. The van der Waals surface area contributed by atoms with Crippen LogP contribution in [-0.4, -0.2) is 25.9 Å². The van der Waals surface area contributed by atoms with Gasteiger partial charge >= 0.3 is 0 Å². The van der Waals surface area contributed by atoms with E-state index < -0.39 is 0 Å². The molecule has 0 saturated carbocycles. The van der Waals surface area contributed by atoms with Gasteiger partial charge < -0.3 is 5.32 Å². The van der Waals surface area contributed by atoms with Gasteiger partial charge in [-0.3, -0.25) is 14.6 Å². The van der Waals surface area contributed by atoms with Crippen molar-refractivity contribution in [2.45, 2.75) is 6.54 Å². The van der Waals surface area contributed by atoms with Gasteiger partial charge in [0.15, 0.2) is 5.69 Å². The lowest BCUT2D eigenvalue weighted by molar-refractivity contribution is 0.102. The summed E-state index contributed by atoms with van der Waals surface area (Å²) in [6.45, 7) is 0.588. The molecule has 9 heteroatoms. The summed E-state index contributed by atoms with van der Waals surface area (Å²) < 4.78 is 2.92. The van der Waals surface area contributed by atoms with Crippen LogP contribution >= 0.6 is 43.5 Å². The van der Waals surface area contributed by atoms with Crippen LogP contribution in [0.25, 0.3) is 0 Å². The van der Waals surface area contributed by atoms with Crippen LogP contribution in [0.5, 0.6) is 0 Å². The first kappa shape index (κ1) is 16.2. The molecular weight excluding hydrogens is 449 g/mol. The lowest BCUT2D eigenvalue weighted by Crippen LogP contribution is -2.12. The van der Waals surface area contributed by atoms with E-state index in [0.717, 1.165) is 5.56 Å². The third-order valence-electron chi connectivity index (χ3n) is 3.03. The van der Waals surface area contributed by atoms with Crippen molar-refractivity contribution >= 4 is 55.1 Å². The SMILES string of the molecule is O=C(Nc1cnn(Cc2ccc(Cl)cc2)c1)c1n[nH]c(Br)c1Br. The third kappa shape index (κ3) is 3.82. The number of hydrogen-bond donors (Lipinski definition) is 2. The van der Waals surface area contributed by atoms with E-state index in [-0.39, 0.29) is 11.6 Å². The summed E-state index contributed by atoms with van der Waals surface area (Å²) in [7, 11) is 0. The van der Waals surface area contributed by atoms with E-state index >= 15 is 0 Å². The van der Waals surface area contributed by atoms with Gasteiger partial charge in [-0.25, -0.2) is 0 Å². The number of amides is 1. The maximum absolute atomic E-state index is 12.2. The number of benzene rings is 1. The topological polar surface area (TPSA) is 75.6 Å². The molecule has 0 saturated heterocycles. The normalized spacial score (nSPS) is 10.7. The van der Waals surface area contributed by atoms with Crippen molar-refractivity contribution in [1.82, 2.24) is 20.0 Å². The second kappa shape index (κ2) is 6.86. The van der Waals surface area contributed by atoms with E-state index in [0.29, 0.717) is 26.3 Å². The predicted octanol–water partition coefficient (Wildman–Crippen LogP) is 4.09. The van der Waals surface area contributed by atoms with Crippen LogP contribution in [0.3, 0.4) is 0 Å². The number of nitrogens with zero attached hydrogens (tertiary/aromatic N) is 3. The van der Waals surface area contributed by atoms with E-state index in [2.05, 4.69) is 52.5 Å². The fourth-order valence-corrected chi connectivity index (χ4v) is 2.70. The number of carbonyl (C=O) groups excluding carboxylic acids is 1. The summed E-state index contributed by atoms with van der Waals surface area (Å²) in [6, 6.07) is 7.52. The van der Waals surface area contributed by atoms with Crippen LogP contribution in [0.1, 0.15) is 16.1 Å². The largest absolute Gasteiger partial charge is 0.318 e. The molecule has 6 nitrogen and oxygen atoms in total. The highest BCUT2D eigenvalue weighted by Crippen LogP contribution is 2.24. The molecule has 0 aliphatic carbocycles. The highest BCUT2D eigenvalue weighted by molar-refractivity contribution is 9.13. The van der Waals surface area contributed by atoms with Crippen LogP contribution in [-0.2, 0) is 6.54 Å². The molecule has 0 aliphatic heterocycles. The molecule has 0 radical (unpaired) electrons. The molecule has 2 N–H and O–H groups in total. The van der Waals surface area contributed by atoms with Gasteiger partial charge in [-0.05, 0) is 49.6 Å². The zero-order valence-electron chi connectivity index (χ0n) is 11.6. The molecule has 118 valence electrons. The summed E-state index contributed by atoms with van der Waals surface area (Å²) >= 11 is 12.4. The standard InChI is InChI=1S/C14H10Br2ClN5O/c15-11-12(20-21-13(11)16)14(23)19-10-5-18-22(7-10)6-8-1-3-9(17)4-2-8/h1-5,7H,6H2,(H,19,23)(H,20,21). The lowest BCUT2D eigenvalue weighted by atomic mass is 10.2. The number of H-pyrrole nitrogens is 1. The minimum Gasteiger partial charge on any atom is -0.318 e. The second-order valence-corrected chi connectivity index (χ2v) is 6.73. The molecule has 2 heterocycles. The Hall–Kier alpha value is -1.64.